The predicted octanol–water partition coefficient (Wildman–Crippen LogP) is 4.03. The molecule has 0 aliphatic carbocycles. The van der Waals surface area contributed by atoms with Crippen molar-refractivity contribution in [3.8, 4) is 0 Å². The van der Waals surface area contributed by atoms with Crippen molar-refractivity contribution in [3.63, 3.8) is 0 Å². The highest BCUT2D eigenvalue weighted by molar-refractivity contribution is 6.32. The van der Waals surface area contributed by atoms with Crippen LogP contribution in [0.15, 0.2) is 55.0 Å². The quantitative estimate of drug-likeness (QED) is 0.751. The van der Waals surface area contributed by atoms with Gasteiger partial charge >= 0.3 is 0 Å². The second-order valence-electron chi connectivity index (χ2n) is 3.91. The Morgan fingerprint density at radius 1 is 1.00 bits per heavy atom. The van der Waals surface area contributed by atoms with Gasteiger partial charge in [-0.15, -0.1) is 0 Å². The molecule has 0 aliphatic heterocycles. The summed E-state index contributed by atoms with van der Waals surface area (Å²) in [5, 5.41) is 6.07. The van der Waals surface area contributed by atoms with Crippen LogP contribution in [0.3, 0.4) is 0 Å². The number of hydrogen-bond donors (Lipinski definition) is 1. The Morgan fingerprint density at radius 3 is 2.67 bits per heavy atom. The molecule has 0 amide bonds. The SMILES string of the molecule is Clc1cncnc1Nc1ccc2ccccc2c1. The average Bonchev–Trinajstić information content (AvgIpc) is 2.41. The number of halogens is 1. The maximum atomic E-state index is 6.00. The van der Waals surface area contributed by atoms with Gasteiger partial charge in [-0.3, -0.25) is 0 Å². The summed E-state index contributed by atoms with van der Waals surface area (Å²) in [5.41, 5.74) is 0.953. The fraction of sp³-hybridized carbons (Fsp3) is 0. The number of anilines is 2. The summed E-state index contributed by atoms with van der Waals surface area (Å²) in [6.45, 7) is 0. The van der Waals surface area contributed by atoms with Crippen molar-refractivity contribution in [1.82, 2.24) is 9.97 Å². The summed E-state index contributed by atoms with van der Waals surface area (Å²) in [5.74, 6) is 0.613. The highest BCUT2D eigenvalue weighted by Crippen LogP contribution is 2.24. The molecule has 0 radical (unpaired) electrons. The molecular formula is C14H10ClN3. The monoisotopic (exact) mass is 255 g/mol. The van der Waals surface area contributed by atoms with Crippen molar-refractivity contribution in [2.24, 2.45) is 0 Å². The zero-order valence-corrected chi connectivity index (χ0v) is 10.2. The van der Waals surface area contributed by atoms with Crippen molar-refractivity contribution < 1.29 is 0 Å². The molecule has 88 valence electrons. The van der Waals surface area contributed by atoms with Crippen LogP contribution in [0.4, 0.5) is 11.5 Å². The van der Waals surface area contributed by atoms with Gasteiger partial charge in [-0.1, -0.05) is 41.9 Å². The summed E-state index contributed by atoms with van der Waals surface area (Å²) in [4.78, 5) is 7.95. The largest absolute Gasteiger partial charge is 0.339 e. The van der Waals surface area contributed by atoms with Gasteiger partial charge in [-0.05, 0) is 22.9 Å². The van der Waals surface area contributed by atoms with Crippen LogP contribution in [0.2, 0.25) is 5.02 Å². The third-order valence-electron chi connectivity index (χ3n) is 2.68. The van der Waals surface area contributed by atoms with Crippen LogP contribution in [0.25, 0.3) is 10.8 Å². The van der Waals surface area contributed by atoms with E-state index < -0.39 is 0 Å². The molecule has 1 heterocycles. The van der Waals surface area contributed by atoms with Crippen molar-refractivity contribution in [2.45, 2.75) is 0 Å². The van der Waals surface area contributed by atoms with Crippen LogP contribution in [-0.4, -0.2) is 9.97 Å². The summed E-state index contributed by atoms with van der Waals surface area (Å²) in [6, 6.07) is 14.3. The first-order valence-corrected chi connectivity index (χ1v) is 5.92. The number of nitrogens with one attached hydrogen (secondary N) is 1. The molecule has 1 N–H and O–H groups in total. The third kappa shape index (κ3) is 2.13. The second-order valence-corrected chi connectivity index (χ2v) is 4.31. The molecule has 0 fully saturated rings. The van der Waals surface area contributed by atoms with Crippen LogP contribution >= 0.6 is 11.6 Å². The zero-order chi connectivity index (χ0) is 12.4. The van der Waals surface area contributed by atoms with Gasteiger partial charge in [-0.25, -0.2) is 9.97 Å². The van der Waals surface area contributed by atoms with Gasteiger partial charge in [0.1, 0.15) is 11.3 Å². The Balaban J connectivity index is 1.98. The van der Waals surface area contributed by atoms with Crippen molar-refractivity contribution in [2.75, 3.05) is 5.32 Å². The summed E-state index contributed by atoms with van der Waals surface area (Å²) >= 11 is 6.00. The number of rotatable bonds is 2. The van der Waals surface area contributed by atoms with E-state index in [-0.39, 0.29) is 0 Å². The summed E-state index contributed by atoms with van der Waals surface area (Å²) in [6.07, 6.45) is 3.03. The Morgan fingerprint density at radius 2 is 1.83 bits per heavy atom. The summed E-state index contributed by atoms with van der Waals surface area (Å²) < 4.78 is 0. The molecule has 18 heavy (non-hydrogen) atoms. The van der Waals surface area contributed by atoms with Crippen molar-refractivity contribution >= 4 is 33.9 Å². The molecule has 1 aromatic heterocycles. The first-order chi connectivity index (χ1) is 8.83. The lowest BCUT2D eigenvalue weighted by Crippen LogP contribution is -1.94. The Kier molecular flexibility index (Phi) is 2.82. The molecule has 4 heteroatoms. The van der Waals surface area contributed by atoms with E-state index in [2.05, 4.69) is 39.6 Å². The first kappa shape index (κ1) is 11.0. The molecule has 0 saturated carbocycles. The molecule has 2 aromatic carbocycles. The Hall–Kier alpha value is -2.13. The number of hydrogen-bond acceptors (Lipinski definition) is 3. The highest BCUT2D eigenvalue weighted by Gasteiger charge is 2.02. The lowest BCUT2D eigenvalue weighted by molar-refractivity contribution is 1.17. The van der Waals surface area contributed by atoms with E-state index in [9.17, 15) is 0 Å². The molecule has 0 atom stereocenters. The van der Waals surface area contributed by atoms with E-state index in [0.29, 0.717) is 10.8 Å². The van der Waals surface area contributed by atoms with Gasteiger partial charge in [0, 0.05) is 5.69 Å². The molecule has 3 aromatic rings. The summed E-state index contributed by atoms with van der Waals surface area (Å²) in [7, 11) is 0. The maximum Gasteiger partial charge on any atom is 0.152 e. The van der Waals surface area contributed by atoms with Crippen LogP contribution in [-0.2, 0) is 0 Å². The topological polar surface area (TPSA) is 37.8 Å². The molecule has 0 aliphatic rings. The molecular weight excluding hydrogens is 246 g/mol. The zero-order valence-electron chi connectivity index (χ0n) is 9.47. The maximum absolute atomic E-state index is 6.00. The molecule has 3 rings (SSSR count). The smallest absolute Gasteiger partial charge is 0.152 e. The average molecular weight is 256 g/mol. The van der Waals surface area contributed by atoms with Crippen molar-refractivity contribution in [3.05, 3.63) is 60.0 Å². The van der Waals surface area contributed by atoms with Crippen LogP contribution in [0.1, 0.15) is 0 Å². The van der Waals surface area contributed by atoms with Gasteiger partial charge in [0.25, 0.3) is 0 Å². The van der Waals surface area contributed by atoms with Crippen LogP contribution < -0.4 is 5.32 Å². The molecule has 0 saturated heterocycles. The van der Waals surface area contributed by atoms with E-state index in [0.717, 1.165) is 5.69 Å². The first-order valence-electron chi connectivity index (χ1n) is 5.54. The third-order valence-corrected chi connectivity index (χ3v) is 2.96. The minimum atomic E-state index is 0.505. The van der Waals surface area contributed by atoms with E-state index >= 15 is 0 Å². The molecule has 3 nitrogen and oxygen atoms in total. The Bertz CT molecular complexity index is 697. The standard InChI is InChI=1S/C14H10ClN3/c15-13-8-16-9-17-14(13)18-12-6-5-10-3-1-2-4-11(10)7-12/h1-9H,(H,16,17,18). The molecule has 0 spiro atoms. The van der Waals surface area contributed by atoms with Crippen LogP contribution in [0.5, 0.6) is 0 Å². The highest BCUT2D eigenvalue weighted by atomic mass is 35.5. The number of fused-ring (bicyclic) bond motifs is 1. The van der Waals surface area contributed by atoms with Crippen molar-refractivity contribution in [1.29, 1.82) is 0 Å². The van der Waals surface area contributed by atoms with Gasteiger partial charge < -0.3 is 5.32 Å². The predicted molar refractivity (Wildman–Crippen MR) is 74.3 cm³/mol. The molecule has 0 bridgehead atoms. The van der Waals surface area contributed by atoms with Gasteiger partial charge in [-0.2, -0.15) is 0 Å². The van der Waals surface area contributed by atoms with Crippen LogP contribution in [0, 0.1) is 0 Å². The number of aromatic nitrogens is 2. The van der Waals surface area contributed by atoms with E-state index in [4.69, 9.17) is 11.6 Å². The van der Waals surface area contributed by atoms with E-state index in [1.807, 2.05) is 18.2 Å². The van der Waals surface area contributed by atoms with Gasteiger partial charge in [0.15, 0.2) is 5.82 Å². The minimum Gasteiger partial charge on any atom is -0.339 e. The Labute approximate surface area is 109 Å². The van der Waals surface area contributed by atoms with E-state index in [1.54, 1.807) is 6.20 Å². The van der Waals surface area contributed by atoms with Gasteiger partial charge in [0.2, 0.25) is 0 Å². The normalized spacial score (nSPS) is 10.5. The lowest BCUT2D eigenvalue weighted by Gasteiger charge is -2.07. The molecule has 0 unspecified atom stereocenters. The fourth-order valence-electron chi connectivity index (χ4n) is 1.81. The lowest BCUT2D eigenvalue weighted by atomic mass is 10.1. The second kappa shape index (κ2) is 4.63. The minimum absolute atomic E-state index is 0.505. The number of benzene rings is 2. The number of nitrogens with zero attached hydrogens (tertiary/aromatic N) is 2. The fourth-order valence-corrected chi connectivity index (χ4v) is 1.96. The van der Waals surface area contributed by atoms with E-state index in [1.165, 1.54) is 17.1 Å². The van der Waals surface area contributed by atoms with Gasteiger partial charge in [0.05, 0.1) is 6.20 Å².